The van der Waals surface area contributed by atoms with E-state index in [1.807, 2.05) is 0 Å². The lowest BCUT2D eigenvalue weighted by Gasteiger charge is -2.15. The first-order valence-electron chi connectivity index (χ1n) is 3.71. The molecule has 0 spiro atoms. The molecular weight excluding hydrogens is 266 g/mol. The van der Waals surface area contributed by atoms with Gasteiger partial charge in [0.1, 0.15) is 0 Å². The van der Waals surface area contributed by atoms with E-state index in [1.165, 1.54) is 0 Å². The molecule has 0 atom stereocenters. The maximum absolute atomic E-state index is 5.98. The molecule has 0 heterocycles. The van der Waals surface area contributed by atoms with Gasteiger partial charge in [-0.3, -0.25) is 0 Å². The zero-order valence-electron chi connectivity index (χ0n) is 7.24. The minimum atomic E-state index is -0.775. The molecule has 0 aliphatic carbocycles. The molecule has 0 aliphatic rings. The fraction of sp³-hybridized carbons (Fsp3) is 0.250. The quantitative estimate of drug-likeness (QED) is 0.467. The number of nitrogens with two attached hydrogens (primary N) is 2. The van der Waals surface area contributed by atoms with Crippen molar-refractivity contribution < 1.29 is 0 Å². The highest BCUT2D eigenvalue weighted by atomic mass is 35.5. The van der Waals surface area contributed by atoms with Gasteiger partial charge < -0.3 is 11.5 Å². The van der Waals surface area contributed by atoms with E-state index in [0.717, 1.165) is 0 Å². The van der Waals surface area contributed by atoms with Gasteiger partial charge in [-0.1, -0.05) is 46.4 Å². The number of rotatable bonds is 1. The van der Waals surface area contributed by atoms with Crippen molar-refractivity contribution in [3.05, 3.63) is 31.2 Å². The van der Waals surface area contributed by atoms with Crippen LogP contribution in [-0.2, 0) is 0 Å². The zero-order valence-corrected chi connectivity index (χ0v) is 10.3. The molecule has 0 fully saturated rings. The SMILES string of the molecule is Cc1c(Cl)c(Cl)c(Cl)c(C(N)N)c1Cl. The Labute approximate surface area is 102 Å². The molecular formula is C8H8Cl4N2. The fourth-order valence-electron chi connectivity index (χ4n) is 1.07. The molecule has 0 saturated heterocycles. The maximum Gasteiger partial charge on any atom is 0.0814 e. The van der Waals surface area contributed by atoms with Gasteiger partial charge in [0, 0.05) is 5.56 Å². The first-order valence-corrected chi connectivity index (χ1v) is 5.22. The summed E-state index contributed by atoms with van der Waals surface area (Å²) >= 11 is 23.6. The Morgan fingerprint density at radius 2 is 1.36 bits per heavy atom. The minimum absolute atomic E-state index is 0.210. The Hall–Kier alpha value is 0.300. The molecule has 0 aromatic heterocycles. The van der Waals surface area contributed by atoms with Gasteiger partial charge in [-0.25, -0.2) is 0 Å². The number of hydrogen-bond acceptors (Lipinski definition) is 2. The summed E-state index contributed by atoms with van der Waals surface area (Å²) in [4.78, 5) is 0. The molecule has 1 aromatic rings. The third-order valence-electron chi connectivity index (χ3n) is 1.85. The van der Waals surface area contributed by atoms with Crippen LogP contribution in [0.1, 0.15) is 17.3 Å². The summed E-state index contributed by atoms with van der Waals surface area (Å²) < 4.78 is 0. The Bertz CT molecular complexity index is 347. The molecule has 0 unspecified atom stereocenters. The van der Waals surface area contributed by atoms with Gasteiger partial charge in [0.05, 0.1) is 26.3 Å². The van der Waals surface area contributed by atoms with Crippen molar-refractivity contribution in [2.75, 3.05) is 0 Å². The largest absolute Gasteiger partial charge is 0.312 e. The Kier molecular flexibility index (Phi) is 3.92. The van der Waals surface area contributed by atoms with Gasteiger partial charge in [-0.05, 0) is 12.5 Å². The number of hydrogen-bond donors (Lipinski definition) is 2. The first kappa shape index (κ1) is 12.4. The van der Waals surface area contributed by atoms with Gasteiger partial charge in [-0.2, -0.15) is 0 Å². The average molecular weight is 274 g/mol. The van der Waals surface area contributed by atoms with Crippen molar-refractivity contribution >= 4 is 46.4 Å². The predicted octanol–water partition coefficient (Wildman–Crippen LogP) is 3.52. The summed E-state index contributed by atoms with van der Waals surface area (Å²) in [6.45, 7) is 1.72. The van der Waals surface area contributed by atoms with E-state index < -0.39 is 6.17 Å². The summed E-state index contributed by atoms with van der Waals surface area (Å²) in [5.41, 5.74) is 12.1. The molecule has 2 nitrogen and oxygen atoms in total. The molecule has 0 amide bonds. The van der Waals surface area contributed by atoms with E-state index in [1.54, 1.807) is 6.92 Å². The molecule has 0 bridgehead atoms. The van der Waals surface area contributed by atoms with E-state index in [2.05, 4.69) is 0 Å². The Morgan fingerprint density at radius 3 is 1.79 bits per heavy atom. The van der Waals surface area contributed by atoms with E-state index in [4.69, 9.17) is 57.9 Å². The highest BCUT2D eigenvalue weighted by Gasteiger charge is 2.19. The molecule has 78 valence electrons. The molecule has 1 rings (SSSR count). The van der Waals surface area contributed by atoms with Crippen LogP contribution in [0.25, 0.3) is 0 Å². The lowest BCUT2D eigenvalue weighted by molar-refractivity contribution is 0.773. The number of benzene rings is 1. The standard InChI is InChI=1S/C8H8Cl4N2/c1-2-4(9)3(8(13)14)6(11)7(12)5(2)10/h8H,13-14H2,1H3. The van der Waals surface area contributed by atoms with Crippen LogP contribution >= 0.6 is 46.4 Å². The van der Waals surface area contributed by atoms with Crippen molar-refractivity contribution in [3.63, 3.8) is 0 Å². The zero-order chi connectivity index (χ0) is 11.0. The molecule has 4 N–H and O–H groups in total. The van der Waals surface area contributed by atoms with Crippen LogP contribution in [0.5, 0.6) is 0 Å². The second-order valence-corrected chi connectivity index (χ2v) is 4.33. The van der Waals surface area contributed by atoms with E-state index in [9.17, 15) is 0 Å². The summed E-state index contributed by atoms with van der Waals surface area (Å²) in [7, 11) is 0. The second kappa shape index (κ2) is 4.44. The van der Waals surface area contributed by atoms with Crippen molar-refractivity contribution in [2.24, 2.45) is 11.5 Å². The van der Waals surface area contributed by atoms with E-state index in [-0.39, 0.29) is 10.0 Å². The number of halogens is 4. The van der Waals surface area contributed by atoms with Crippen molar-refractivity contribution in [2.45, 2.75) is 13.1 Å². The predicted molar refractivity (Wildman–Crippen MR) is 62.3 cm³/mol. The average Bonchev–Trinajstić information content (AvgIpc) is 2.11. The van der Waals surface area contributed by atoms with Gasteiger partial charge in [0.2, 0.25) is 0 Å². The Morgan fingerprint density at radius 1 is 0.857 bits per heavy atom. The molecule has 0 aliphatic heterocycles. The minimum Gasteiger partial charge on any atom is -0.312 e. The van der Waals surface area contributed by atoms with Gasteiger partial charge in [0.25, 0.3) is 0 Å². The third kappa shape index (κ3) is 1.96. The van der Waals surface area contributed by atoms with Crippen molar-refractivity contribution in [1.29, 1.82) is 0 Å². The van der Waals surface area contributed by atoms with Crippen LogP contribution in [-0.4, -0.2) is 0 Å². The molecule has 14 heavy (non-hydrogen) atoms. The monoisotopic (exact) mass is 272 g/mol. The van der Waals surface area contributed by atoms with Crippen LogP contribution in [0.3, 0.4) is 0 Å². The van der Waals surface area contributed by atoms with Crippen LogP contribution in [0.15, 0.2) is 0 Å². The fourth-order valence-corrected chi connectivity index (χ4v) is 2.27. The van der Waals surface area contributed by atoms with E-state index in [0.29, 0.717) is 21.2 Å². The third-order valence-corrected chi connectivity index (χ3v) is 3.77. The van der Waals surface area contributed by atoms with Crippen LogP contribution in [0.2, 0.25) is 20.1 Å². The normalized spacial score (nSPS) is 11.1. The lowest BCUT2D eigenvalue weighted by atomic mass is 10.1. The van der Waals surface area contributed by atoms with Crippen LogP contribution < -0.4 is 11.5 Å². The Balaban J connectivity index is 3.60. The summed E-state index contributed by atoms with van der Waals surface area (Å²) in [5, 5.41) is 1.12. The molecule has 1 aromatic carbocycles. The first-order chi connectivity index (χ1) is 6.37. The second-order valence-electron chi connectivity index (χ2n) is 2.82. The summed E-state index contributed by atoms with van der Waals surface area (Å²) in [5.74, 6) is 0. The highest BCUT2D eigenvalue weighted by molar-refractivity contribution is 6.50. The van der Waals surface area contributed by atoms with Gasteiger partial charge in [-0.15, -0.1) is 0 Å². The summed E-state index contributed by atoms with van der Waals surface area (Å²) in [6, 6.07) is 0. The molecule has 0 saturated carbocycles. The molecule has 6 heteroatoms. The summed E-state index contributed by atoms with van der Waals surface area (Å²) in [6.07, 6.45) is -0.775. The van der Waals surface area contributed by atoms with Crippen LogP contribution in [0, 0.1) is 6.92 Å². The van der Waals surface area contributed by atoms with E-state index >= 15 is 0 Å². The molecule has 0 radical (unpaired) electrons. The van der Waals surface area contributed by atoms with Gasteiger partial charge >= 0.3 is 0 Å². The van der Waals surface area contributed by atoms with Crippen molar-refractivity contribution in [1.82, 2.24) is 0 Å². The lowest BCUT2D eigenvalue weighted by Crippen LogP contribution is -2.21. The highest BCUT2D eigenvalue weighted by Crippen LogP contribution is 2.41. The topological polar surface area (TPSA) is 52.0 Å². The maximum atomic E-state index is 5.98. The smallest absolute Gasteiger partial charge is 0.0814 e. The van der Waals surface area contributed by atoms with Gasteiger partial charge in [0.15, 0.2) is 0 Å². The van der Waals surface area contributed by atoms with Crippen molar-refractivity contribution in [3.8, 4) is 0 Å². The van der Waals surface area contributed by atoms with Crippen LogP contribution in [0.4, 0.5) is 0 Å².